The van der Waals surface area contributed by atoms with Gasteiger partial charge in [0.1, 0.15) is 0 Å². The van der Waals surface area contributed by atoms with E-state index in [0.29, 0.717) is 5.41 Å². The van der Waals surface area contributed by atoms with Gasteiger partial charge in [0.2, 0.25) is 0 Å². The second-order valence-electron chi connectivity index (χ2n) is 4.84. The summed E-state index contributed by atoms with van der Waals surface area (Å²) in [5, 5.41) is 3.58. The van der Waals surface area contributed by atoms with E-state index in [2.05, 4.69) is 38.2 Å². The van der Waals surface area contributed by atoms with Gasteiger partial charge in [0.25, 0.3) is 0 Å². The highest BCUT2D eigenvalue weighted by Crippen LogP contribution is 2.31. The van der Waals surface area contributed by atoms with Crippen molar-refractivity contribution in [3.05, 3.63) is 0 Å². The van der Waals surface area contributed by atoms with Crippen LogP contribution in [0, 0.1) is 5.41 Å². The zero-order valence-electron chi connectivity index (χ0n) is 8.85. The fraction of sp³-hybridized carbons (Fsp3) is 1.00. The van der Waals surface area contributed by atoms with Crippen LogP contribution in [0.5, 0.6) is 0 Å². The molecule has 12 heavy (non-hydrogen) atoms. The fourth-order valence-corrected chi connectivity index (χ4v) is 1.90. The topological polar surface area (TPSA) is 15.3 Å². The Balaban J connectivity index is 2.32. The molecule has 2 heteroatoms. The summed E-state index contributed by atoms with van der Waals surface area (Å²) in [7, 11) is 4.28. The van der Waals surface area contributed by atoms with Crippen molar-refractivity contribution in [1.29, 1.82) is 0 Å². The van der Waals surface area contributed by atoms with Crippen LogP contribution in [-0.4, -0.2) is 38.1 Å². The molecule has 0 aromatic heterocycles. The first-order chi connectivity index (χ1) is 5.52. The van der Waals surface area contributed by atoms with Gasteiger partial charge in [0.15, 0.2) is 0 Å². The van der Waals surface area contributed by atoms with Crippen LogP contribution in [-0.2, 0) is 0 Å². The zero-order valence-corrected chi connectivity index (χ0v) is 8.85. The van der Waals surface area contributed by atoms with Gasteiger partial charge >= 0.3 is 0 Å². The van der Waals surface area contributed by atoms with Crippen molar-refractivity contribution >= 4 is 0 Å². The molecule has 72 valence electrons. The van der Waals surface area contributed by atoms with Gasteiger partial charge in [0, 0.05) is 6.04 Å². The Morgan fingerprint density at radius 2 is 2.08 bits per heavy atom. The number of rotatable bonds is 3. The summed E-state index contributed by atoms with van der Waals surface area (Å²) in [6.45, 7) is 7.13. The molecule has 0 aromatic carbocycles. The van der Waals surface area contributed by atoms with Gasteiger partial charge in [-0.15, -0.1) is 0 Å². The Morgan fingerprint density at radius 1 is 1.42 bits per heavy atom. The maximum absolute atomic E-state index is 3.58. The Morgan fingerprint density at radius 3 is 2.50 bits per heavy atom. The average molecular weight is 170 g/mol. The van der Waals surface area contributed by atoms with E-state index in [9.17, 15) is 0 Å². The Kier molecular flexibility index (Phi) is 3.13. The summed E-state index contributed by atoms with van der Waals surface area (Å²) < 4.78 is 0. The van der Waals surface area contributed by atoms with Gasteiger partial charge in [-0.3, -0.25) is 0 Å². The van der Waals surface area contributed by atoms with Crippen LogP contribution < -0.4 is 5.32 Å². The Hall–Kier alpha value is -0.0800. The van der Waals surface area contributed by atoms with Gasteiger partial charge in [0.05, 0.1) is 0 Å². The van der Waals surface area contributed by atoms with E-state index >= 15 is 0 Å². The average Bonchev–Trinajstić information content (AvgIpc) is 2.25. The quantitative estimate of drug-likeness (QED) is 0.687. The fourth-order valence-electron chi connectivity index (χ4n) is 1.90. The molecule has 1 fully saturated rings. The molecule has 0 aromatic rings. The molecule has 0 amide bonds. The predicted octanol–water partition coefficient (Wildman–Crippen LogP) is 1.33. The molecule has 1 heterocycles. The van der Waals surface area contributed by atoms with E-state index in [1.165, 1.54) is 25.9 Å². The smallest absolute Gasteiger partial charge is 0.0131 e. The summed E-state index contributed by atoms with van der Waals surface area (Å²) in [6, 6.07) is 0.722. The highest BCUT2D eigenvalue weighted by Gasteiger charge is 2.33. The van der Waals surface area contributed by atoms with Crippen LogP contribution in [0.1, 0.15) is 26.7 Å². The van der Waals surface area contributed by atoms with E-state index in [4.69, 9.17) is 0 Å². The van der Waals surface area contributed by atoms with E-state index < -0.39 is 0 Å². The lowest BCUT2D eigenvalue weighted by atomic mass is 9.83. The van der Waals surface area contributed by atoms with Crippen LogP contribution in [0.4, 0.5) is 0 Å². The van der Waals surface area contributed by atoms with Crippen molar-refractivity contribution in [1.82, 2.24) is 10.2 Å². The molecule has 0 bridgehead atoms. The minimum atomic E-state index is 0.510. The third-order valence-corrected chi connectivity index (χ3v) is 2.97. The third-order valence-electron chi connectivity index (χ3n) is 2.97. The highest BCUT2D eigenvalue weighted by molar-refractivity contribution is 4.90. The van der Waals surface area contributed by atoms with Crippen LogP contribution in [0.25, 0.3) is 0 Å². The normalized spacial score (nSPS) is 28.2. The largest absolute Gasteiger partial charge is 0.313 e. The number of nitrogens with zero attached hydrogens (tertiary/aromatic N) is 1. The third kappa shape index (κ3) is 2.46. The summed E-state index contributed by atoms with van der Waals surface area (Å²) in [6.07, 6.45) is 2.60. The molecule has 0 spiro atoms. The first-order valence-corrected chi connectivity index (χ1v) is 4.90. The van der Waals surface area contributed by atoms with E-state index in [1.807, 2.05) is 0 Å². The second kappa shape index (κ2) is 3.75. The maximum atomic E-state index is 3.58. The molecule has 0 saturated carbocycles. The van der Waals surface area contributed by atoms with Crippen LogP contribution >= 0.6 is 0 Å². The summed E-state index contributed by atoms with van der Waals surface area (Å²) in [5.74, 6) is 0. The molecular formula is C10H22N2. The summed E-state index contributed by atoms with van der Waals surface area (Å²) >= 11 is 0. The molecule has 1 rings (SSSR count). The Bertz CT molecular complexity index is 141. The minimum Gasteiger partial charge on any atom is -0.313 e. The molecule has 1 unspecified atom stereocenters. The number of hydrogen-bond acceptors (Lipinski definition) is 2. The van der Waals surface area contributed by atoms with Crippen molar-refractivity contribution in [2.45, 2.75) is 32.7 Å². The Labute approximate surface area is 76.3 Å². The molecule has 1 atom stereocenters. The molecule has 1 aliphatic rings. The van der Waals surface area contributed by atoms with Gasteiger partial charge < -0.3 is 10.2 Å². The first-order valence-electron chi connectivity index (χ1n) is 4.90. The lowest BCUT2D eigenvalue weighted by Gasteiger charge is -2.27. The van der Waals surface area contributed by atoms with Gasteiger partial charge in [-0.2, -0.15) is 0 Å². The van der Waals surface area contributed by atoms with Crippen LogP contribution in [0.2, 0.25) is 0 Å². The summed E-state index contributed by atoms with van der Waals surface area (Å²) in [4.78, 5) is 2.26. The van der Waals surface area contributed by atoms with Gasteiger partial charge in [-0.1, -0.05) is 13.8 Å². The summed E-state index contributed by atoms with van der Waals surface area (Å²) in [5.41, 5.74) is 0.510. The van der Waals surface area contributed by atoms with Crippen molar-refractivity contribution < 1.29 is 0 Å². The van der Waals surface area contributed by atoms with E-state index in [-0.39, 0.29) is 0 Å². The van der Waals surface area contributed by atoms with Gasteiger partial charge in [-0.05, 0) is 45.4 Å². The monoisotopic (exact) mass is 170 g/mol. The molecule has 0 aliphatic carbocycles. The number of nitrogens with one attached hydrogen (secondary N) is 1. The predicted molar refractivity (Wildman–Crippen MR) is 53.4 cm³/mol. The molecule has 1 aliphatic heterocycles. The molecule has 0 radical (unpaired) electrons. The molecule has 1 N–H and O–H groups in total. The van der Waals surface area contributed by atoms with Crippen molar-refractivity contribution in [2.24, 2.45) is 5.41 Å². The first kappa shape index (κ1) is 10.0. The van der Waals surface area contributed by atoms with Crippen LogP contribution in [0.3, 0.4) is 0 Å². The van der Waals surface area contributed by atoms with Gasteiger partial charge in [-0.25, -0.2) is 0 Å². The number of hydrogen-bond donors (Lipinski definition) is 1. The molecule has 2 nitrogen and oxygen atoms in total. The second-order valence-corrected chi connectivity index (χ2v) is 4.84. The maximum Gasteiger partial charge on any atom is 0.0131 e. The lowest BCUT2D eigenvalue weighted by Crippen LogP contribution is -2.35. The van der Waals surface area contributed by atoms with E-state index in [0.717, 1.165) is 6.04 Å². The van der Waals surface area contributed by atoms with Crippen LogP contribution in [0.15, 0.2) is 0 Å². The zero-order chi connectivity index (χ0) is 9.19. The van der Waals surface area contributed by atoms with E-state index in [1.54, 1.807) is 0 Å². The van der Waals surface area contributed by atoms with Crippen molar-refractivity contribution in [3.8, 4) is 0 Å². The minimum absolute atomic E-state index is 0.510. The SMILES string of the molecule is CN(C)CCC1NCCC1(C)C. The molecule has 1 saturated heterocycles. The highest BCUT2D eigenvalue weighted by atomic mass is 15.1. The molecular weight excluding hydrogens is 148 g/mol. The lowest BCUT2D eigenvalue weighted by molar-refractivity contribution is 0.270. The van der Waals surface area contributed by atoms with Crippen molar-refractivity contribution in [2.75, 3.05) is 27.2 Å². The van der Waals surface area contributed by atoms with Crippen molar-refractivity contribution in [3.63, 3.8) is 0 Å². The standard InChI is InChI=1S/C10H22N2/c1-10(2)6-7-11-9(10)5-8-12(3)4/h9,11H,5-8H2,1-4H3.